The van der Waals surface area contributed by atoms with Crippen LogP contribution in [0.4, 0.5) is 5.69 Å². The van der Waals surface area contributed by atoms with Crippen molar-refractivity contribution in [3.8, 4) is 0 Å². The molecule has 1 aromatic carbocycles. The van der Waals surface area contributed by atoms with Crippen LogP contribution in [-0.4, -0.2) is 27.2 Å². The van der Waals surface area contributed by atoms with Gasteiger partial charge in [0, 0.05) is 35.9 Å². The van der Waals surface area contributed by atoms with E-state index >= 15 is 0 Å². The van der Waals surface area contributed by atoms with Gasteiger partial charge in [-0.15, -0.1) is 11.3 Å². The predicted molar refractivity (Wildman–Crippen MR) is 94.5 cm³/mol. The van der Waals surface area contributed by atoms with E-state index in [0.29, 0.717) is 6.54 Å². The third kappa shape index (κ3) is 4.30. The summed E-state index contributed by atoms with van der Waals surface area (Å²) in [6.45, 7) is 0.425. The number of hydrogen-bond acceptors (Lipinski definition) is 5. The summed E-state index contributed by atoms with van der Waals surface area (Å²) in [5.41, 5.74) is 0.746. The van der Waals surface area contributed by atoms with Crippen LogP contribution < -0.4 is 5.32 Å². The van der Waals surface area contributed by atoms with Gasteiger partial charge in [0.25, 0.3) is 5.69 Å². The molecule has 0 fully saturated rings. The Morgan fingerprint density at radius 2 is 2.08 bits per heavy atom. The lowest BCUT2D eigenvalue weighted by Gasteiger charge is -2.17. The highest BCUT2D eigenvalue weighted by Gasteiger charge is 2.16. The van der Waals surface area contributed by atoms with Crippen LogP contribution in [0.3, 0.4) is 0 Å². The van der Waals surface area contributed by atoms with Crippen molar-refractivity contribution in [2.45, 2.75) is 12.5 Å². The first-order valence-corrected chi connectivity index (χ1v) is 8.54. The lowest BCUT2D eigenvalue weighted by molar-refractivity contribution is -0.384. The summed E-state index contributed by atoms with van der Waals surface area (Å²) in [5.74, 6) is -0.137. The molecule has 0 saturated heterocycles. The van der Waals surface area contributed by atoms with Crippen LogP contribution in [0, 0.1) is 10.1 Å². The Morgan fingerprint density at radius 3 is 2.68 bits per heavy atom. The fourth-order valence-corrected chi connectivity index (χ4v) is 3.28. The summed E-state index contributed by atoms with van der Waals surface area (Å²) in [4.78, 5) is 23.5. The highest BCUT2D eigenvalue weighted by molar-refractivity contribution is 7.10. The van der Waals surface area contributed by atoms with Crippen molar-refractivity contribution in [1.29, 1.82) is 0 Å². The predicted octanol–water partition coefficient (Wildman–Crippen LogP) is 2.80. The Hall–Kier alpha value is -3.00. The van der Waals surface area contributed by atoms with Gasteiger partial charge in [-0.2, -0.15) is 5.10 Å². The fraction of sp³-hybridized carbons (Fsp3) is 0.176. The van der Waals surface area contributed by atoms with Gasteiger partial charge < -0.3 is 5.32 Å². The smallest absolute Gasteiger partial charge is 0.269 e. The third-order valence-electron chi connectivity index (χ3n) is 3.72. The SMILES string of the molecule is O=C(Cc1ccc([N+](=O)[O-])cc1)NCC(c1cccs1)n1cccn1. The quantitative estimate of drug-likeness (QED) is 0.521. The van der Waals surface area contributed by atoms with E-state index < -0.39 is 4.92 Å². The number of nitro benzene ring substituents is 1. The van der Waals surface area contributed by atoms with Crippen LogP contribution in [0.2, 0.25) is 0 Å². The molecule has 0 aliphatic carbocycles. The minimum Gasteiger partial charge on any atom is -0.353 e. The van der Waals surface area contributed by atoms with Crippen LogP contribution in [0.1, 0.15) is 16.5 Å². The van der Waals surface area contributed by atoms with Crippen molar-refractivity contribution in [1.82, 2.24) is 15.1 Å². The molecule has 2 aromatic heterocycles. The summed E-state index contributed by atoms with van der Waals surface area (Å²) >= 11 is 1.61. The van der Waals surface area contributed by atoms with Crippen molar-refractivity contribution in [3.63, 3.8) is 0 Å². The highest BCUT2D eigenvalue weighted by atomic mass is 32.1. The Bertz CT molecular complexity index is 795. The highest BCUT2D eigenvalue weighted by Crippen LogP contribution is 2.22. The van der Waals surface area contributed by atoms with E-state index in [9.17, 15) is 14.9 Å². The van der Waals surface area contributed by atoms with E-state index in [1.165, 1.54) is 12.1 Å². The number of non-ortho nitro benzene ring substituents is 1. The summed E-state index contributed by atoms with van der Waals surface area (Å²) < 4.78 is 1.82. The summed E-state index contributed by atoms with van der Waals surface area (Å²) in [6.07, 6.45) is 3.75. The first-order chi connectivity index (χ1) is 12.1. The zero-order valence-corrected chi connectivity index (χ0v) is 14.1. The van der Waals surface area contributed by atoms with Gasteiger partial charge in [-0.3, -0.25) is 19.6 Å². The Labute approximate surface area is 148 Å². The monoisotopic (exact) mass is 356 g/mol. The van der Waals surface area contributed by atoms with Gasteiger partial charge in [-0.05, 0) is 23.1 Å². The van der Waals surface area contributed by atoms with Gasteiger partial charge >= 0.3 is 0 Å². The Morgan fingerprint density at radius 1 is 1.28 bits per heavy atom. The molecule has 1 amide bonds. The maximum atomic E-state index is 12.2. The number of amides is 1. The number of nitro groups is 1. The van der Waals surface area contributed by atoms with Crippen molar-refractivity contribution in [3.05, 3.63) is 80.8 Å². The van der Waals surface area contributed by atoms with Crippen molar-refractivity contribution < 1.29 is 9.72 Å². The molecule has 3 rings (SSSR count). The molecule has 0 spiro atoms. The van der Waals surface area contributed by atoms with Crippen molar-refractivity contribution in [2.24, 2.45) is 0 Å². The molecule has 128 valence electrons. The molecule has 1 atom stereocenters. The Kier molecular flexibility index (Phi) is 5.20. The molecule has 0 aliphatic heterocycles. The molecule has 1 unspecified atom stereocenters. The number of benzene rings is 1. The third-order valence-corrected chi connectivity index (χ3v) is 4.69. The first-order valence-electron chi connectivity index (χ1n) is 7.66. The minimum atomic E-state index is -0.459. The zero-order chi connectivity index (χ0) is 17.6. The largest absolute Gasteiger partial charge is 0.353 e. The maximum absolute atomic E-state index is 12.2. The molecule has 0 radical (unpaired) electrons. The average molecular weight is 356 g/mol. The van der Waals surface area contributed by atoms with E-state index in [1.54, 1.807) is 29.7 Å². The van der Waals surface area contributed by atoms with Crippen LogP contribution >= 0.6 is 11.3 Å². The van der Waals surface area contributed by atoms with E-state index in [4.69, 9.17) is 0 Å². The molecule has 0 bridgehead atoms. The minimum absolute atomic E-state index is 0.0144. The molecular weight excluding hydrogens is 340 g/mol. The van der Waals surface area contributed by atoms with E-state index in [0.717, 1.165) is 10.4 Å². The second-order valence-corrected chi connectivity index (χ2v) is 6.40. The summed E-state index contributed by atoms with van der Waals surface area (Å²) in [7, 11) is 0. The fourth-order valence-electron chi connectivity index (χ4n) is 2.46. The average Bonchev–Trinajstić information content (AvgIpc) is 3.29. The molecular formula is C17H16N4O3S. The lowest BCUT2D eigenvalue weighted by atomic mass is 10.1. The molecule has 8 heteroatoms. The zero-order valence-electron chi connectivity index (χ0n) is 13.2. The first kappa shape index (κ1) is 16.8. The van der Waals surface area contributed by atoms with Crippen LogP contribution in [0.25, 0.3) is 0 Å². The van der Waals surface area contributed by atoms with Crippen molar-refractivity contribution >= 4 is 22.9 Å². The van der Waals surface area contributed by atoms with E-state index in [1.807, 2.05) is 34.5 Å². The van der Waals surface area contributed by atoms with Crippen LogP contribution in [0.15, 0.2) is 60.2 Å². The molecule has 2 heterocycles. The topological polar surface area (TPSA) is 90.1 Å². The Balaban J connectivity index is 1.61. The number of rotatable bonds is 7. The maximum Gasteiger partial charge on any atom is 0.269 e. The van der Waals surface area contributed by atoms with Gasteiger partial charge in [-0.1, -0.05) is 18.2 Å². The van der Waals surface area contributed by atoms with Crippen LogP contribution in [0.5, 0.6) is 0 Å². The molecule has 25 heavy (non-hydrogen) atoms. The summed E-state index contributed by atoms with van der Waals surface area (Å²) in [6, 6.07) is 11.8. The summed E-state index contributed by atoms with van der Waals surface area (Å²) in [5, 5.41) is 19.8. The number of hydrogen-bond donors (Lipinski definition) is 1. The normalized spacial score (nSPS) is 11.8. The van der Waals surface area contributed by atoms with Gasteiger partial charge in [0.2, 0.25) is 5.91 Å². The van der Waals surface area contributed by atoms with E-state index in [-0.39, 0.29) is 24.1 Å². The number of thiophene rings is 1. The van der Waals surface area contributed by atoms with Crippen LogP contribution in [-0.2, 0) is 11.2 Å². The second kappa shape index (κ2) is 7.71. The standard InChI is InChI=1S/C17H16N4O3S/c22-17(11-13-4-6-14(7-5-13)21(23)24)18-12-15(16-3-1-10-25-16)20-9-2-8-19-20/h1-10,15H,11-12H2,(H,18,22). The second-order valence-electron chi connectivity index (χ2n) is 5.42. The molecule has 7 nitrogen and oxygen atoms in total. The van der Waals surface area contributed by atoms with Gasteiger partial charge in [-0.25, -0.2) is 0 Å². The molecule has 0 saturated carbocycles. The van der Waals surface area contributed by atoms with Gasteiger partial charge in [0.05, 0.1) is 11.3 Å². The number of nitrogens with zero attached hydrogens (tertiary/aromatic N) is 3. The number of carbonyl (C=O) groups is 1. The van der Waals surface area contributed by atoms with Gasteiger partial charge in [0.15, 0.2) is 0 Å². The lowest BCUT2D eigenvalue weighted by Crippen LogP contribution is -2.32. The molecule has 0 aliphatic rings. The number of carbonyl (C=O) groups excluding carboxylic acids is 1. The van der Waals surface area contributed by atoms with E-state index in [2.05, 4.69) is 10.4 Å². The number of aromatic nitrogens is 2. The van der Waals surface area contributed by atoms with Crippen molar-refractivity contribution in [2.75, 3.05) is 6.54 Å². The molecule has 3 aromatic rings. The molecule has 1 N–H and O–H groups in total. The van der Waals surface area contributed by atoms with Gasteiger partial charge in [0.1, 0.15) is 6.04 Å². The number of nitrogens with one attached hydrogen (secondary N) is 1.